The number of carbonyl (C=O) groups is 2. The molecule has 2 aliphatic rings. The Labute approximate surface area is 187 Å². The largest absolute Gasteiger partial charge is 0.493 e. The van der Waals surface area contributed by atoms with Gasteiger partial charge in [-0.1, -0.05) is 12.1 Å². The predicted molar refractivity (Wildman–Crippen MR) is 120 cm³/mol. The van der Waals surface area contributed by atoms with E-state index in [9.17, 15) is 9.59 Å². The van der Waals surface area contributed by atoms with Crippen LogP contribution in [-0.2, 0) is 4.79 Å². The molecule has 1 spiro atoms. The van der Waals surface area contributed by atoms with Crippen molar-refractivity contribution in [2.75, 3.05) is 34.4 Å². The van der Waals surface area contributed by atoms with E-state index in [4.69, 9.17) is 18.9 Å². The highest BCUT2D eigenvalue weighted by atomic mass is 16.5. The van der Waals surface area contributed by atoms with Crippen LogP contribution in [0.4, 0.5) is 0 Å². The molecule has 32 heavy (non-hydrogen) atoms. The molecule has 0 unspecified atom stereocenters. The third kappa shape index (κ3) is 4.15. The molecule has 1 fully saturated rings. The molecule has 1 saturated heterocycles. The first kappa shape index (κ1) is 21.7. The molecule has 2 aliphatic heterocycles. The van der Waals surface area contributed by atoms with Gasteiger partial charge in [0.2, 0.25) is 11.7 Å². The molecule has 2 aromatic rings. The topological polar surface area (TPSA) is 74.3 Å². The molecule has 0 bridgehead atoms. The van der Waals surface area contributed by atoms with E-state index in [1.807, 2.05) is 18.2 Å². The second-order valence-corrected chi connectivity index (χ2v) is 8.00. The molecule has 7 nitrogen and oxygen atoms in total. The van der Waals surface area contributed by atoms with Crippen LogP contribution in [0.1, 0.15) is 35.2 Å². The number of amides is 1. The maximum absolute atomic E-state index is 12.8. The maximum Gasteiger partial charge on any atom is 0.246 e. The van der Waals surface area contributed by atoms with Gasteiger partial charge in [0.15, 0.2) is 17.3 Å². The molecular weight excluding hydrogens is 410 g/mol. The first-order valence-electron chi connectivity index (χ1n) is 10.6. The predicted octanol–water partition coefficient (Wildman–Crippen LogP) is 3.75. The SMILES string of the molecule is COc1cc(/C=C/C(=O)N2CCC3(CC2)CC(=O)c2ccccc2O3)cc(OC)c1OC. The monoisotopic (exact) mass is 437 g/mol. The zero-order valence-corrected chi connectivity index (χ0v) is 18.6. The van der Waals surface area contributed by atoms with Gasteiger partial charge in [0, 0.05) is 32.0 Å². The van der Waals surface area contributed by atoms with Crippen LogP contribution < -0.4 is 18.9 Å². The van der Waals surface area contributed by atoms with Crippen LogP contribution in [0, 0.1) is 0 Å². The second-order valence-electron chi connectivity index (χ2n) is 8.00. The van der Waals surface area contributed by atoms with Gasteiger partial charge in [-0.3, -0.25) is 9.59 Å². The van der Waals surface area contributed by atoms with Crippen molar-refractivity contribution in [3.8, 4) is 23.0 Å². The van der Waals surface area contributed by atoms with E-state index < -0.39 is 5.60 Å². The van der Waals surface area contributed by atoms with Crippen molar-refractivity contribution in [2.45, 2.75) is 24.9 Å². The number of benzene rings is 2. The van der Waals surface area contributed by atoms with E-state index in [1.54, 1.807) is 56.6 Å². The highest BCUT2D eigenvalue weighted by Crippen LogP contribution is 2.40. The van der Waals surface area contributed by atoms with E-state index in [-0.39, 0.29) is 11.7 Å². The van der Waals surface area contributed by atoms with Gasteiger partial charge in [0.1, 0.15) is 11.4 Å². The highest BCUT2D eigenvalue weighted by Gasteiger charge is 2.43. The van der Waals surface area contributed by atoms with Gasteiger partial charge in [0.05, 0.1) is 33.3 Å². The number of methoxy groups -OCH3 is 3. The summed E-state index contributed by atoms with van der Waals surface area (Å²) < 4.78 is 22.3. The van der Waals surface area contributed by atoms with Crippen LogP contribution in [0.5, 0.6) is 23.0 Å². The van der Waals surface area contributed by atoms with Gasteiger partial charge < -0.3 is 23.8 Å². The second kappa shape index (κ2) is 8.94. The lowest BCUT2D eigenvalue weighted by atomic mass is 9.82. The number of likely N-dealkylation sites (tertiary alicyclic amines) is 1. The standard InChI is InChI=1S/C25H27NO6/c1-29-21-14-17(15-22(30-2)24(21)31-3)8-9-23(28)26-12-10-25(11-13-26)16-19(27)18-6-4-5-7-20(18)32-25/h4-9,14-15H,10-13,16H2,1-3H3/b9-8+. The average molecular weight is 437 g/mol. The van der Waals surface area contributed by atoms with E-state index in [0.717, 1.165) is 5.56 Å². The van der Waals surface area contributed by atoms with Crippen LogP contribution in [-0.4, -0.2) is 56.6 Å². The van der Waals surface area contributed by atoms with Gasteiger partial charge in [0.25, 0.3) is 0 Å². The summed E-state index contributed by atoms with van der Waals surface area (Å²) in [6, 6.07) is 10.9. The Bertz CT molecular complexity index is 1030. The van der Waals surface area contributed by atoms with E-state index in [2.05, 4.69) is 0 Å². The Morgan fingerprint density at radius 3 is 2.31 bits per heavy atom. The van der Waals surface area contributed by atoms with Crippen molar-refractivity contribution in [3.05, 3.63) is 53.6 Å². The number of ketones is 1. The van der Waals surface area contributed by atoms with E-state index in [0.29, 0.717) is 60.9 Å². The quantitative estimate of drug-likeness (QED) is 0.664. The number of hydrogen-bond donors (Lipinski definition) is 0. The van der Waals surface area contributed by atoms with Gasteiger partial charge in [-0.2, -0.15) is 0 Å². The smallest absolute Gasteiger partial charge is 0.246 e. The third-order valence-corrected chi connectivity index (χ3v) is 6.09. The van der Waals surface area contributed by atoms with E-state index >= 15 is 0 Å². The molecule has 0 aliphatic carbocycles. The zero-order chi connectivity index (χ0) is 22.7. The zero-order valence-electron chi connectivity index (χ0n) is 18.6. The summed E-state index contributed by atoms with van der Waals surface area (Å²) in [5.74, 6) is 2.22. The number of ether oxygens (including phenoxy) is 4. The minimum atomic E-state index is -0.525. The van der Waals surface area contributed by atoms with Crippen molar-refractivity contribution in [1.29, 1.82) is 0 Å². The first-order valence-corrected chi connectivity index (χ1v) is 10.6. The normalized spacial score (nSPS) is 17.1. The molecule has 1 amide bonds. The fraction of sp³-hybridized carbons (Fsp3) is 0.360. The van der Waals surface area contributed by atoms with Gasteiger partial charge in [-0.05, 0) is 35.9 Å². The van der Waals surface area contributed by atoms with Crippen molar-refractivity contribution >= 4 is 17.8 Å². The number of rotatable bonds is 5. The Hall–Kier alpha value is -3.48. The fourth-order valence-corrected chi connectivity index (χ4v) is 4.33. The molecule has 0 radical (unpaired) electrons. The van der Waals surface area contributed by atoms with Crippen LogP contribution in [0.15, 0.2) is 42.5 Å². The minimum Gasteiger partial charge on any atom is -0.493 e. The fourth-order valence-electron chi connectivity index (χ4n) is 4.33. The number of para-hydroxylation sites is 1. The lowest BCUT2D eigenvalue weighted by Gasteiger charge is -2.43. The molecule has 2 heterocycles. The lowest BCUT2D eigenvalue weighted by molar-refractivity contribution is -0.129. The summed E-state index contributed by atoms with van der Waals surface area (Å²) in [5, 5.41) is 0. The summed E-state index contributed by atoms with van der Waals surface area (Å²) in [6.45, 7) is 1.07. The molecular formula is C25H27NO6. The Kier molecular flexibility index (Phi) is 6.08. The van der Waals surface area contributed by atoms with Crippen molar-refractivity contribution in [1.82, 2.24) is 4.90 Å². The highest BCUT2D eigenvalue weighted by molar-refractivity contribution is 6.00. The van der Waals surface area contributed by atoms with Crippen molar-refractivity contribution in [2.24, 2.45) is 0 Å². The first-order chi connectivity index (χ1) is 15.5. The number of piperidine rings is 1. The Balaban J connectivity index is 1.42. The van der Waals surface area contributed by atoms with Crippen LogP contribution >= 0.6 is 0 Å². The van der Waals surface area contributed by atoms with Crippen molar-refractivity contribution < 1.29 is 28.5 Å². The summed E-state index contributed by atoms with van der Waals surface area (Å²) in [6.07, 6.45) is 4.87. The van der Waals surface area contributed by atoms with Crippen LogP contribution in [0.25, 0.3) is 6.08 Å². The summed E-state index contributed by atoms with van der Waals surface area (Å²) in [4.78, 5) is 27.2. The lowest BCUT2D eigenvalue weighted by Crippen LogP contribution is -2.52. The van der Waals surface area contributed by atoms with Crippen LogP contribution in [0.3, 0.4) is 0 Å². The summed E-state index contributed by atoms with van der Waals surface area (Å²) in [7, 11) is 4.65. The molecule has 7 heteroatoms. The molecule has 168 valence electrons. The Morgan fingerprint density at radius 2 is 1.69 bits per heavy atom. The minimum absolute atomic E-state index is 0.0869. The molecule has 0 aromatic heterocycles. The van der Waals surface area contributed by atoms with Gasteiger partial charge >= 0.3 is 0 Å². The molecule has 2 aromatic carbocycles. The molecule has 4 rings (SSSR count). The number of nitrogens with zero attached hydrogens (tertiary/aromatic N) is 1. The summed E-state index contributed by atoms with van der Waals surface area (Å²) in [5.41, 5.74) is 0.881. The van der Waals surface area contributed by atoms with E-state index in [1.165, 1.54) is 0 Å². The van der Waals surface area contributed by atoms with Crippen LogP contribution in [0.2, 0.25) is 0 Å². The molecule has 0 atom stereocenters. The average Bonchev–Trinajstić information content (AvgIpc) is 2.82. The van der Waals surface area contributed by atoms with Gasteiger partial charge in [-0.25, -0.2) is 0 Å². The van der Waals surface area contributed by atoms with Crippen molar-refractivity contribution in [3.63, 3.8) is 0 Å². The molecule has 0 N–H and O–H groups in total. The Morgan fingerprint density at radius 1 is 1.03 bits per heavy atom. The maximum atomic E-state index is 12.8. The molecule has 0 saturated carbocycles. The third-order valence-electron chi connectivity index (χ3n) is 6.09. The summed E-state index contributed by atoms with van der Waals surface area (Å²) >= 11 is 0. The number of carbonyl (C=O) groups excluding carboxylic acids is 2. The number of hydrogen-bond acceptors (Lipinski definition) is 6. The van der Waals surface area contributed by atoms with Gasteiger partial charge in [-0.15, -0.1) is 0 Å². The number of Topliss-reactive ketones (excluding diaryl/α,β-unsaturated/α-hetero) is 1. The number of fused-ring (bicyclic) bond motifs is 1.